The number of hydrogen-bond acceptors (Lipinski definition) is 3. The largest absolute Gasteiger partial charge is 0.383 e. The van der Waals surface area contributed by atoms with E-state index in [1.54, 1.807) is 7.11 Å². The zero-order chi connectivity index (χ0) is 13.4. The Labute approximate surface area is 111 Å². The summed E-state index contributed by atoms with van der Waals surface area (Å²) in [6.45, 7) is 7.09. The smallest absolute Gasteiger partial charge is 0.0637 e. The number of rotatable bonds is 8. The van der Waals surface area contributed by atoms with Crippen molar-refractivity contribution in [3.8, 4) is 0 Å². The van der Waals surface area contributed by atoms with Crippen LogP contribution in [0, 0.1) is 0 Å². The minimum Gasteiger partial charge on any atom is -0.383 e. The molecule has 1 aromatic rings. The van der Waals surface area contributed by atoms with E-state index in [0.29, 0.717) is 6.04 Å². The molecular weight excluding hydrogens is 224 g/mol. The lowest BCUT2D eigenvalue weighted by Gasteiger charge is -2.32. The van der Waals surface area contributed by atoms with Crippen LogP contribution in [-0.2, 0) is 11.3 Å². The molecule has 0 fully saturated rings. The first-order valence-electron chi connectivity index (χ1n) is 6.72. The van der Waals surface area contributed by atoms with Gasteiger partial charge < -0.3 is 15.0 Å². The van der Waals surface area contributed by atoms with Crippen molar-refractivity contribution in [2.45, 2.75) is 32.9 Å². The van der Waals surface area contributed by atoms with Crippen LogP contribution in [0.15, 0.2) is 24.3 Å². The predicted octanol–water partition coefficient (Wildman–Crippen LogP) is 2.66. The molecule has 1 atom stereocenters. The van der Waals surface area contributed by atoms with Gasteiger partial charge in [0.05, 0.1) is 6.61 Å². The highest BCUT2D eigenvalue weighted by molar-refractivity contribution is 5.54. The van der Waals surface area contributed by atoms with Gasteiger partial charge in [-0.3, -0.25) is 0 Å². The first-order chi connectivity index (χ1) is 8.74. The van der Waals surface area contributed by atoms with Gasteiger partial charge in [0.25, 0.3) is 0 Å². The summed E-state index contributed by atoms with van der Waals surface area (Å²) in [5.41, 5.74) is 2.66. The Morgan fingerprint density at radius 2 is 2.06 bits per heavy atom. The molecule has 102 valence electrons. The standard InChI is InChI=1S/C15H26N2O/c1-5-13(2)17(10-11-18-4)15-9-7-6-8-14(15)12-16-3/h6-9,13,16H,5,10-12H2,1-4H3. The molecule has 0 saturated heterocycles. The van der Waals surface area contributed by atoms with Crippen molar-refractivity contribution in [3.05, 3.63) is 29.8 Å². The Kier molecular flexibility index (Phi) is 6.76. The Bertz CT molecular complexity index is 341. The number of anilines is 1. The summed E-state index contributed by atoms with van der Waals surface area (Å²) in [4.78, 5) is 2.44. The van der Waals surface area contributed by atoms with Gasteiger partial charge in [-0.1, -0.05) is 25.1 Å². The van der Waals surface area contributed by atoms with E-state index in [4.69, 9.17) is 4.74 Å². The van der Waals surface area contributed by atoms with Gasteiger partial charge >= 0.3 is 0 Å². The third kappa shape index (κ3) is 4.00. The third-order valence-corrected chi connectivity index (χ3v) is 3.33. The van der Waals surface area contributed by atoms with Gasteiger partial charge in [-0.25, -0.2) is 0 Å². The molecule has 0 aromatic heterocycles. The summed E-state index contributed by atoms with van der Waals surface area (Å²) < 4.78 is 5.23. The maximum absolute atomic E-state index is 5.23. The summed E-state index contributed by atoms with van der Waals surface area (Å²) in [5, 5.41) is 3.23. The van der Waals surface area contributed by atoms with Crippen molar-refractivity contribution in [2.24, 2.45) is 0 Å². The summed E-state index contributed by atoms with van der Waals surface area (Å²) in [6.07, 6.45) is 1.14. The monoisotopic (exact) mass is 250 g/mol. The average molecular weight is 250 g/mol. The van der Waals surface area contributed by atoms with Crippen molar-refractivity contribution >= 4 is 5.69 Å². The van der Waals surface area contributed by atoms with Gasteiger partial charge in [-0.05, 0) is 32.0 Å². The van der Waals surface area contributed by atoms with Crippen molar-refractivity contribution in [2.75, 3.05) is 32.2 Å². The van der Waals surface area contributed by atoms with E-state index in [1.165, 1.54) is 11.3 Å². The minimum atomic E-state index is 0.526. The molecule has 3 nitrogen and oxygen atoms in total. The molecule has 1 N–H and O–H groups in total. The van der Waals surface area contributed by atoms with Crippen LogP contribution in [0.25, 0.3) is 0 Å². The molecule has 0 spiro atoms. The number of ether oxygens (including phenoxy) is 1. The second-order valence-electron chi connectivity index (χ2n) is 4.60. The maximum Gasteiger partial charge on any atom is 0.0637 e. The Hall–Kier alpha value is -1.06. The van der Waals surface area contributed by atoms with Gasteiger partial charge in [0, 0.05) is 31.9 Å². The van der Waals surface area contributed by atoms with Crippen LogP contribution in [0.4, 0.5) is 5.69 Å². The number of hydrogen-bond donors (Lipinski definition) is 1. The third-order valence-electron chi connectivity index (χ3n) is 3.33. The van der Waals surface area contributed by atoms with Crippen LogP contribution in [-0.4, -0.2) is 33.4 Å². The summed E-state index contributed by atoms with van der Waals surface area (Å²) in [6, 6.07) is 9.12. The van der Waals surface area contributed by atoms with Gasteiger partial charge in [-0.2, -0.15) is 0 Å². The number of methoxy groups -OCH3 is 1. The fraction of sp³-hybridized carbons (Fsp3) is 0.600. The number of benzene rings is 1. The van der Waals surface area contributed by atoms with E-state index in [-0.39, 0.29) is 0 Å². The van der Waals surface area contributed by atoms with Crippen LogP contribution >= 0.6 is 0 Å². The van der Waals surface area contributed by atoms with E-state index in [2.05, 4.69) is 48.3 Å². The molecule has 0 aliphatic heterocycles. The lowest BCUT2D eigenvalue weighted by atomic mass is 10.1. The molecule has 0 radical (unpaired) electrons. The van der Waals surface area contributed by atoms with Crippen LogP contribution < -0.4 is 10.2 Å². The van der Waals surface area contributed by atoms with E-state index in [1.807, 2.05) is 7.05 Å². The molecule has 18 heavy (non-hydrogen) atoms. The second-order valence-corrected chi connectivity index (χ2v) is 4.60. The summed E-state index contributed by atoms with van der Waals surface area (Å²) in [7, 11) is 3.74. The van der Waals surface area contributed by atoms with Crippen LogP contribution in [0.1, 0.15) is 25.8 Å². The van der Waals surface area contributed by atoms with Crippen LogP contribution in [0.2, 0.25) is 0 Å². The van der Waals surface area contributed by atoms with Crippen molar-refractivity contribution in [3.63, 3.8) is 0 Å². The molecule has 0 bridgehead atoms. The second kappa shape index (κ2) is 8.11. The lowest BCUT2D eigenvalue weighted by Crippen LogP contribution is -2.36. The predicted molar refractivity (Wildman–Crippen MR) is 78.2 cm³/mol. The Balaban J connectivity index is 2.95. The van der Waals surface area contributed by atoms with Gasteiger partial charge in [0.15, 0.2) is 0 Å². The maximum atomic E-state index is 5.23. The van der Waals surface area contributed by atoms with Crippen molar-refractivity contribution < 1.29 is 4.74 Å². The van der Waals surface area contributed by atoms with E-state index < -0.39 is 0 Å². The Morgan fingerprint density at radius 1 is 1.33 bits per heavy atom. The average Bonchev–Trinajstić information content (AvgIpc) is 2.40. The highest BCUT2D eigenvalue weighted by Gasteiger charge is 2.15. The SMILES string of the molecule is CCC(C)N(CCOC)c1ccccc1CNC. The Morgan fingerprint density at radius 3 is 2.67 bits per heavy atom. The molecule has 0 aliphatic carbocycles. The summed E-state index contributed by atoms with van der Waals surface area (Å²) >= 11 is 0. The van der Waals surface area contributed by atoms with Crippen LogP contribution in [0.5, 0.6) is 0 Å². The molecule has 0 amide bonds. The quantitative estimate of drug-likeness (QED) is 0.767. The van der Waals surface area contributed by atoms with Crippen molar-refractivity contribution in [1.82, 2.24) is 5.32 Å². The molecule has 0 heterocycles. The van der Waals surface area contributed by atoms with Gasteiger partial charge in [0.1, 0.15) is 0 Å². The zero-order valence-corrected chi connectivity index (χ0v) is 12.1. The molecular formula is C15H26N2O. The van der Waals surface area contributed by atoms with E-state index in [0.717, 1.165) is 26.1 Å². The van der Waals surface area contributed by atoms with Gasteiger partial charge in [-0.15, -0.1) is 0 Å². The lowest BCUT2D eigenvalue weighted by molar-refractivity contribution is 0.203. The summed E-state index contributed by atoms with van der Waals surface area (Å²) in [5.74, 6) is 0. The van der Waals surface area contributed by atoms with Gasteiger partial charge in [0.2, 0.25) is 0 Å². The molecule has 3 heteroatoms. The number of nitrogens with zero attached hydrogens (tertiary/aromatic N) is 1. The normalized spacial score (nSPS) is 12.4. The van der Waals surface area contributed by atoms with Crippen LogP contribution in [0.3, 0.4) is 0 Å². The topological polar surface area (TPSA) is 24.5 Å². The first-order valence-corrected chi connectivity index (χ1v) is 6.72. The first kappa shape index (κ1) is 15.0. The molecule has 1 unspecified atom stereocenters. The zero-order valence-electron chi connectivity index (χ0n) is 12.1. The number of nitrogens with one attached hydrogen (secondary N) is 1. The molecule has 1 aromatic carbocycles. The molecule has 0 aliphatic rings. The fourth-order valence-corrected chi connectivity index (χ4v) is 2.12. The molecule has 0 saturated carbocycles. The van der Waals surface area contributed by atoms with Crippen molar-refractivity contribution in [1.29, 1.82) is 0 Å². The number of para-hydroxylation sites is 1. The fourth-order valence-electron chi connectivity index (χ4n) is 2.12. The van der Waals surface area contributed by atoms with E-state index >= 15 is 0 Å². The molecule has 1 rings (SSSR count). The minimum absolute atomic E-state index is 0.526. The highest BCUT2D eigenvalue weighted by Crippen LogP contribution is 2.23. The van der Waals surface area contributed by atoms with E-state index in [9.17, 15) is 0 Å². The highest BCUT2D eigenvalue weighted by atomic mass is 16.5.